The SMILES string of the molecule is CC(Sc1nncn1C1CC1)C(=O)Nc1cccc(S(N)(=O)=O)c1. The van der Waals surface area contributed by atoms with Crippen molar-refractivity contribution in [2.45, 2.75) is 41.1 Å². The number of carbonyl (C=O) groups excluding carboxylic acids is 1. The van der Waals surface area contributed by atoms with Gasteiger partial charge in [0, 0.05) is 11.7 Å². The van der Waals surface area contributed by atoms with Gasteiger partial charge in [-0.15, -0.1) is 10.2 Å². The van der Waals surface area contributed by atoms with Crippen molar-refractivity contribution < 1.29 is 13.2 Å². The molecule has 1 fully saturated rings. The van der Waals surface area contributed by atoms with Gasteiger partial charge in [0.15, 0.2) is 5.16 Å². The van der Waals surface area contributed by atoms with E-state index in [1.807, 2.05) is 4.57 Å². The zero-order valence-electron chi connectivity index (χ0n) is 12.9. The molecular weight excluding hydrogens is 350 g/mol. The van der Waals surface area contributed by atoms with Crippen LogP contribution in [0.3, 0.4) is 0 Å². The van der Waals surface area contributed by atoms with E-state index in [9.17, 15) is 13.2 Å². The average Bonchev–Trinajstić information content (AvgIpc) is 3.26. The van der Waals surface area contributed by atoms with Crippen LogP contribution in [-0.2, 0) is 14.8 Å². The normalized spacial score (nSPS) is 15.9. The van der Waals surface area contributed by atoms with Crippen molar-refractivity contribution in [3.8, 4) is 0 Å². The molecule has 0 saturated heterocycles. The number of hydrogen-bond donors (Lipinski definition) is 2. The number of nitrogens with two attached hydrogens (primary N) is 1. The fraction of sp³-hybridized carbons (Fsp3) is 0.357. The van der Waals surface area contributed by atoms with Crippen LogP contribution in [-0.4, -0.2) is 34.3 Å². The summed E-state index contributed by atoms with van der Waals surface area (Å²) in [5.41, 5.74) is 0.377. The van der Waals surface area contributed by atoms with Crippen LogP contribution < -0.4 is 10.5 Å². The third-order valence-corrected chi connectivity index (χ3v) is 5.54. The minimum Gasteiger partial charge on any atom is -0.325 e. The largest absolute Gasteiger partial charge is 0.325 e. The predicted molar refractivity (Wildman–Crippen MR) is 90.1 cm³/mol. The average molecular weight is 367 g/mol. The van der Waals surface area contributed by atoms with Crippen molar-refractivity contribution in [1.82, 2.24) is 14.8 Å². The standard InChI is InChI=1S/C14H17N5O3S2/c1-9(23-14-18-16-8-19(14)11-5-6-11)13(20)17-10-3-2-4-12(7-10)24(15,21)22/h2-4,7-9,11H,5-6H2,1H3,(H,17,20)(H2,15,21,22). The van der Waals surface area contributed by atoms with Crippen LogP contribution in [0.15, 0.2) is 40.6 Å². The Balaban J connectivity index is 1.67. The van der Waals surface area contributed by atoms with Crippen LogP contribution in [0, 0.1) is 0 Å². The second-order valence-electron chi connectivity index (χ2n) is 5.57. The van der Waals surface area contributed by atoms with E-state index < -0.39 is 15.3 Å². The predicted octanol–water partition coefficient (Wildman–Crippen LogP) is 1.38. The smallest absolute Gasteiger partial charge is 0.238 e. The molecule has 1 aromatic heterocycles. The van der Waals surface area contributed by atoms with Crippen molar-refractivity contribution in [2.75, 3.05) is 5.32 Å². The summed E-state index contributed by atoms with van der Waals surface area (Å²) < 4.78 is 24.7. The first-order valence-electron chi connectivity index (χ1n) is 7.34. The lowest BCUT2D eigenvalue weighted by atomic mass is 10.3. The zero-order chi connectivity index (χ0) is 17.3. The molecule has 1 heterocycles. The Morgan fingerprint density at radius 2 is 2.21 bits per heavy atom. The van der Waals surface area contributed by atoms with E-state index in [1.54, 1.807) is 19.3 Å². The fourth-order valence-corrected chi connectivity index (χ4v) is 3.58. The topological polar surface area (TPSA) is 120 Å². The number of rotatable bonds is 6. The van der Waals surface area contributed by atoms with E-state index in [0.717, 1.165) is 12.8 Å². The second kappa shape index (κ2) is 6.54. The number of amides is 1. The summed E-state index contributed by atoms with van der Waals surface area (Å²) in [6.45, 7) is 1.76. The number of nitrogens with zero attached hydrogens (tertiary/aromatic N) is 3. The van der Waals surface area contributed by atoms with E-state index in [2.05, 4.69) is 15.5 Å². The Hall–Kier alpha value is -1.91. The minimum atomic E-state index is -3.81. The summed E-state index contributed by atoms with van der Waals surface area (Å²) in [7, 11) is -3.81. The van der Waals surface area contributed by atoms with Crippen LogP contribution in [0.5, 0.6) is 0 Å². The third-order valence-electron chi connectivity index (χ3n) is 3.56. The summed E-state index contributed by atoms with van der Waals surface area (Å²) in [4.78, 5) is 12.3. The zero-order valence-corrected chi connectivity index (χ0v) is 14.5. The summed E-state index contributed by atoms with van der Waals surface area (Å²) in [5, 5.41) is 16.0. The van der Waals surface area contributed by atoms with Crippen LogP contribution in [0.25, 0.3) is 0 Å². The molecule has 3 N–H and O–H groups in total. The third kappa shape index (κ3) is 3.94. The van der Waals surface area contributed by atoms with E-state index in [4.69, 9.17) is 5.14 Å². The molecule has 0 bridgehead atoms. The fourth-order valence-electron chi connectivity index (χ4n) is 2.13. The number of primary sulfonamides is 1. The molecular formula is C14H17N5O3S2. The molecule has 8 nitrogen and oxygen atoms in total. The van der Waals surface area contributed by atoms with Crippen LogP contribution in [0.4, 0.5) is 5.69 Å². The molecule has 3 rings (SSSR count). The van der Waals surface area contributed by atoms with Gasteiger partial charge in [-0.3, -0.25) is 4.79 Å². The molecule has 128 valence electrons. The Morgan fingerprint density at radius 3 is 2.88 bits per heavy atom. The molecule has 2 aromatic rings. The number of sulfonamides is 1. The van der Waals surface area contributed by atoms with Crippen molar-refractivity contribution >= 4 is 33.4 Å². The van der Waals surface area contributed by atoms with Crippen molar-refractivity contribution in [3.05, 3.63) is 30.6 Å². The second-order valence-corrected chi connectivity index (χ2v) is 8.44. The molecule has 1 saturated carbocycles. The highest BCUT2D eigenvalue weighted by Crippen LogP contribution is 2.38. The molecule has 0 radical (unpaired) electrons. The molecule has 1 unspecified atom stereocenters. The minimum absolute atomic E-state index is 0.0471. The van der Waals surface area contributed by atoms with Gasteiger partial charge < -0.3 is 9.88 Å². The van der Waals surface area contributed by atoms with Crippen molar-refractivity contribution in [2.24, 2.45) is 5.14 Å². The molecule has 10 heteroatoms. The van der Waals surface area contributed by atoms with Crippen molar-refractivity contribution in [3.63, 3.8) is 0 Å². The van der Waals surface area contributed by atoms with Gasteiger partial charge in [-0.25, -0.2) is 13.6 Å². The molecule has 1 amide bonds. The van der Waals surface area contributed by atoms with Crippen molar-refractivity contribution in [1.29, 1.82) is 0 Å². The number of hydrogen-bond acceptors (Lipinski definition) is 6. The molecule has 0 spiro atoms. The Morgan fingerprint density at radius 1 is 1.46 bits per heavy atom. The van der Waals surface area contributed by atoms with E-state index in [-0.39, 0.29) is 10.8 Å². The van der Waals surface area contributed by atoms with E-state index >= 15 is 0 Å². The highest BCUT2D eigenvalue weighted by molar-refractivity contribution is 8.00. The van der Waals surface area contributed by atoms with Gasteiger partial charge in [0.05, 0.1) is 10.1 Å². The number of nitrogens with one attached hydrogen (secondary N) is 1. The molecule has 24 heavy (non-hydrogen) atoms. The number of anilines is 1. The Bertz CT molecular complexity index is 861. The van der Waals surface area contributed by atoms with Crippen LogP contribution >= 0.6 is 11.8 Å². The number of carbonyl (C=O) groups is 1. The van der Waals surface area contributed by atoms with Crippen LogP contribution in [0.2, 0.25) is 0 Å². The first kappa shape index (κ1) is 16.9. The summed E-state index contributed by atoms with van der Waals surface area (Å²) in [6.07, 6.45) is 3.89. The van der Waals surface area contributed by atoms with Gasteiger partial charge in [0.25, 0.3) is 0 Å². The maximum Gasteiger partial charge on any atom is 0.238 e. The maximum absolute atomic E-state index is 12.3. The Kier molecular flexibility index (Phi) is 4.61. The quantitative estimate of drug-likeness (QED) is 0.744. The van der Waals surface area contributed by atoms with Gasteiger partial charge in [0.2, 0.25) is 15.9 Å². The van der Waals surface area contributed by atoms with Gasteiger partial charge in [-0.2, -0.15) is 0 Å². The van der Waals surface area contributed by atoms with Gasteiger partial charge in [0.1, 0.15) is 6.33 Å². The lowest BCUT2D eigenvalue weighted by molar-refractivity contribution is -0.115. The number of thioether (sulfide) groups is 1. The van der Waals surface area contributed by atoms with E-state index in [0.29, 0.717) is 16.9 Å². The first-order chi connectivity index (χ1) is 11.3. The summed E-state index contributed by atoms with van der Waals surface area (Å²) in [5.74, 6) is -0.253. The summed E-state index contributed by atoms with van der Waals surface area (Å²) in [6, 6.07) is 6.27. The number of aromatic nitrogens is 3. The molecule has 1 atom stereocenters. The van der Waals surface area contributed by atoms with E-state index in [1.165, 1.54) is 30.0 Å². The lowest BCUT2D eigenvalue weighted by Gasteiger charge is -2.12. The first-order valence-corrected chi connectivity index (χ1v) is 9.77. The molecule has 0 aliphatic heterocycles. The highest BCUT2D eigenvalue weighted by atomic mass is 32.2. The monoisotopic (exact) mass is 367 g/mol. The molecule has 1 aromatic carbocycles. The summed E-state index contributed by atoms with van der Waals surface area (Å²) >= 11 is 1.32. The highest BCUT2D eigenvalue weighted by Gasteiger charge is 2.28. The van der Waals surface area contributed by atoms with Gasteiger partial charge in [-0.1, -0.05) is 17.8 Å². The lowest BCUT2D eigenvalue weighted by Crippen LogP contribution is -2.23. The molecule has 1 aliphatic carbocycles. The van der Waals surface area contributed by atoms with Gasteiger partial charge in [-0.05, 0) is 38.0 Å². The van der Waals surface area contributed by atoms with Crippen LogP contribution in [0.1, 0.15) is 25.8 Å². The maximum atomic E-state index is 12.3. The van der Waals surface area contributed by atoms with Gasteiger partial charge >= 0.3 is 0 Å². The Labute approximate surface area is 143 Å². The molecule has 1 aliphatic rings. The number of benzene rings is 1.